The Morgan fingerprint density at radius 2 is 1.84 bits per heavy atom. The number of hydrogen-bond acceptors (Lipinski definition) is 2. The highest BCUT2D eigenvalue weighted by atomic mass is 16.5. The fraction of sp³-hybridized carbons (Fsp3) is 0.647. The molecule has 106 valence electrons. The van der Waals surface area contributed by atoms with Crippen molar-refractivity contribution in [3.05, 3.63) is 29.8 Å². The van der Waals surface area contributed by atoms with Crippen LogP contribution in [0, 0.1) is 0 Å². The lowest BCUT2D eigenvalue weighted by Crippen LogP contribution is -2.30. The fourth-order valence-electron chi connectivity index (χ4n) is 2.68. The molecule has 1 aromatic rings. The number of ether oxygens (including phenoxy) is 1. The average Bonchev–Trinajstić information content (AvgIpc) is 2.63. The van der Waals surface area contributed by atoms with E-state index >= 15 is 0 Å². The van der Waals surface area contributed by atoms with Gasteiger partial charge in [-0.25, -0.2) is 0 Å². The van der Waals surface area contributed by atoms with Crippen LogP contribution >= 0.6 is 0 Å². The van der Waals surface area contributed by atoms with Crippen LogP contribution in [0.3, 0.4) is 0 Å². The lowest BCUT2D eigenvalue weighted by molar-refractivity contribution is 0.0320. The molecule has 1 fully saturated rings. The van der Waals surface area contributed by atoms with Crippen molar-refractivity contribution in [2.24, 2.45) is 0 Å². The van der Waals surface area contributed by atoms with Gasteiger partial charge in [0.05, 0.1) is 6.10 Å². The number of hydrogen-bond donors (Lipinski definition) is 1. The third-order valence-electron chi connectivity index (χ3n) is 3.95. The van der Waals surface area contributed by atoms with E-state index in [1.54, 1.807) is 0 Å². The summed E-state index contributed by atoms with van der Waals surface area (Å²) >= 11 is 0. The second-order valence-corrected chi connectivity index (χ2v) is 5.61. The van der Waals surface area contributed by atoms with Gasteiger partial charge in [-0.15, -0.1) is 0 Å². The Hall–Kier alpha value is -1.02. The summed E-state index contributed by atoms with van der Waals surface area (Å²) in [6.45, 7) is 2.21. The Morgan fingerprint density at radius 3 is 2.58 bits per heavy atom. The first kappa shape index (κ1) is 14.4. The monoisotopic (exact) mass is 262 g/mol. The van der Waals surface area contributed by atoms with E-state index in [0.29, 0.717) is 0 Å². The zero-order valence-corrected chi connectivity index (χ0v) is 12.0. The Bertz CT molecular complexity index is 358. The van der Waals surface area contributed by atoms with Crippen molar-refractivity contribution in [2.75, 3.05) is 0 Å². The van der Waals surface area contributed by atoms with Gasteiger partial charge in [0.15, 0.2) is 0 Å². The number of benzene rings is 1. The highest BCUT2D eigenvalue weighted by Gasteiger charge is 2.23. The van der Waals surface area contributed by atoms with Crippen molar-refractivity contribution >= 4 is 0 Å². The maximum absolute atomic E-state index is 10.1. The topological polar surface area (TPSA) is 29.5 Å². The third-order valence-corrected chi connectivity index (χ3v) is 3.95. The normalized spacial score (nSPS) is 23.9. The molecule has 1 aromatic carbocycles. The molecule has 0 radical (unpaired) electrons. The zero-order valence-electron chi connectivity index (χ0n) is 12.0. The Labute approximate surface area is 116 Å². The Morgan fingerprint density at radius 1 is 1.11 bits per heavy atom. The molecule has 2 rings (SSSR count). The maximum atomic E-state index is 10.1. The van der Waals surface area contributed by atoms with Crippen LogP contribution in [0.2, 0.25) is 0 Å². The molecule has 0 aliphatic heterocycles. The lowest BCUT2D eigenvalue weighted by atomic mass is 10.1. The second-order valence-electron chi connectivity index (χ2n) is 5.61. The number of aliphatic hydroxyl groups is 1. The van der Waals surface area contributed by atoms with Crippen LogP contribution < -0.4 is 4.74 Å². The molecule has 0 aromatic heterocycles. The predicted octanol–water partition coefficient (Wildman–Crippen LogP) is 4.10. The molecular weight excluding hydrogens is 236 g/mol. The van der Waals surface area contributed by atoms with E-state index in [-0.39, 0.29) is 12.2 Å². The molecule has 19 heavy (non-hydrogen) atoms. The van der Waals surface area contributed by atoms with E-state index in [2.05, 4.69) is 19.1 Å². The largest absolute Gasteiger partial charge is 0.488 e. The van der Waals surface area contributed by atoms with Crippen LogP contribution in [0.25, 0.3) is 0 Å². The number of aryl methyl sites for hydroxylation is 1. The predicted molar refractivity (Wildman–Crippen MR) is 78.6 cm³/mol. The van der Waals surface area contributed by atoms with Gasteiger partial charge in [0.1, 0.15) is 11.9 Å². The summed E-state index contributed by atoms with van der Waals surface area (Å²) in [5, 5.41) is 10.1. The molecule has 0 heterocycles. The molecule has 0 saturated heterocycles. The summed E-state index contributed by atoms with van der Waals surface area (Å²) in [6.07, 6.45) is 8.63. The summed E-state index contributed by atoms with van der Waals surface area (Å²) in [5.41, 5.74) is 1.37. The molecular formula is C17H26O2. The SMILES string of the molecule is CCCCc1ccc(OC2CCCCCC2O)cc1. The van der Waals surface area contributed by atoms with Gasteiger partial charge in [0, 0.05) is 0 Å². The van der Waals surface area contributed by atoms with Gasteiger partial charge in [0.2, 0.25) is 0 Å². The van der Waals surface area contributed by atoms with E-state index in [4.69, 9.17) is 4.74 Å². The Kier molecular flexibility index (Phi) is 5.71. The molecule has 0 bridgehead atoms. The summed E-state index contributed by atoms with van der Waals surface area (Å²) in [4.78, 5) is 0. The standard InChI is InChI=1S/C17H26O2/c1-2-3-7-14-10-12-15(13-11-14)19-17-9-6-4-5-8-16(17)18/h10-13,16-18H,2-9H2,1H3. The minimum absolute atomic E-state index is 0.0241. The van der Waals surface area contributed by atoms with Crippen LogP contribution in [0.15, 0.2) is 24.3 Å². The number of aliphatic hydroxyl groups excluding tert-OH is 1. The third kappa shape index (κ3) is 4.54. The Balaban J connectivity index is 1.90. The van der Waals surface area contributed by atoms with Crippen molar-refractivity contribution in [1.82, 2.24) is 0 Å². The molecule has 2 unspecified atom stereocenters. The van der Waals surface area contributed by atoms with E-state index in [9.17, 15) is 5.11 Å². The van der Waals surface area contributed by atoms with Crippen molar-refractivity contribution in [1.29, 1.82) is 0 Å². The van der Waals surface area contributed by atoms with Gasteiger partial charge in [-0.3, -0.25) is 0 Å². The van der Waals surface area contributed by atoms with Crippen LogP contribution in [0.1, 0.15) is 57.4 Å². The minimum Gasteiger partial charge on any atom is -0.488 e. The smallest absolute Gasteiger partial charge is 0.124 e. The van der Waals surface area contributed by atoms with Crippen molar-refractivity contribution < 1.29 is 9.84 Å². The van der Waals surface area contributed by atoms with Crippen LogP contribution in [-0.2, 0) is 6.42 Å². The van der Waals surface area contributed by atoms with Gasteiger partial charge in [-0.05, 0) is 49.8 Å². The summed E-state index contributed by atoms with van der Waals surface area (Å²) in [7, 11) is 0. The van der Waals surface area contributed by atoms with Crippen LogP contribution in [-0.4, -0.2) is 17.3 Å². The van der Waals surface area contributed by atoms with Gasteiger partial charge in [0.25, 0.3) is 0 Å². The quantitative estimate of drug-likeness (QED) is 0.809. The molecule has 2 heteroatoms. The second kappa shape index (κ2) is 7.54. The van der Waals surface area contributed by atoms with E-state index in [1.807, 2.05) is 12.1 Å². The van der Waals surface area contributed by atoms with E-state index in [0.717, 1.165) is 37.9 Å². The molecule has 1 aliphatic carbocycles. The molecule has 1 saturated carbocycles. The summed E-state index contributed by atoms with van der Waals surface area (Å²) in [5.74, 6) is 0.895. The van der Waals surface area contributed by atoms with Crippen molar-refractivity contribution in [3.63, 3.8) is 0 Å². The van der Waals surface area contributed by atoms with Gasteiger partial charge in [-0.2, -0.15) is 0 Å². The van der Waals surface area contributed by atoms with Gasteiger partial charge >= 0.3 is 0 Å². The number of unbranched alkanes of at least 4 members (excludes halogenated alkanes) is 1. The highest BCUT2D eigenvalue weighted by molar-refractivity contribution is 5.27. The molecule has 1 aliphatic rings. The average molecular weight is 262 g/mol. The van der Waals surface area contributed by atoms with Gasteiger partial charge < -0.3 is 9.84 Å². The number of rotatable bonds is 5. The van der Waals surface area contributed by atoms with E-state index < -0.39 is 0 Å². The first-order chi connectivity index (χ1) is 9.29. The summed E-state index contributed by atoms with van der Waals surface area (Å²) < 4.78 is 5.96. The molecule has 1 N–H and O–H groups in total. The molecule has 0 spiro atoms. The summed E-state index contributed by atoms with van der Waals surface area (Å²) in [6, 6.07) is 8.38. The molecule has 0 amide bonds. The van der Waals surface area contributed by atoms with E-state index in [1.165, 1.54) is 24.8 Å². The fourth-order valence-corrected chi connectivity index (χ4v) is 2.68. The highest BCUT2D eigenvalue weighted by Crippen LogP contribution is 2.23. The first-order valence-electron chi connectivity index (χ1n) is 7.73. The molecule has 2 atom stereocenters. The van der Waals surface area contributed by atoms with Crippen LogP contribution in [0.4, 0.5) is 0 Å². The lowest BCUT2D eigenvalue weighted by Gasteiger charge is -2.22. The van der Waals surface area contributed by atoms with Crippen LogP contribution in [0.5, 0.6) is 5.75 Å². The zero-order chi connectivity index (χ0) is 13.5. The van der Waals surface area contributed by atoms with Crippen molar-refractivity contribution in [3.8, 4) is 5.75 Å². The minimum atomic E-state index is -0.303. The first-order valence-corrected chi connectivity index (χ1v) is 7.73. The molecule has 2 nitrogen and oxygen atoms in total. The maximum Gasteiger partial charge on any atom is 0.124 e. The van der Waals surface area contributed by atoms with Crippen molar-refractivity contribution in [2.45, 2.75) is 70.5 Å². The van der Waals surface area contributed by atoms with Gasteiger partial charge in [-0.1, -0.05) is 38.3 Å².